The van der Waals surface area contributed by atoms with Crippen molar-refractivity contribution in [2.24, 2.45) is 0 Å². The van der Waals surface area contributed by atoms with E-state index < -0.39 is 0 Å². The Morgan fingerprint density at radius 1 is 1.05 bits per heavy atom. The molecule has 21 heavy (non-hydrogen) atoms. The standard InChI is InChI=1S/C18H19FN2/c1-2-20-12-17-11-15-5-3-4-6-18(15)21(17)13-14-7-9-16(19)10-8-14/h3-11,20H,2,12-13H2,1H3. The van der Waals surface area contributed by atoms with Crippen molar-refractivity contribution in [1.29, 1.82) is 0 Å². The summed E-state index contributed by atoms with van der Waals surface area (Å²) in [5, 5.41) is 4.62. The normalized spacial score (nSPS) is 11.1. The molecule has 0 aliphatic heterocycles. The topological polar surface area (TPSA) is 17.0 Å². The van der Waals surface area contributed by atoms with Crippen LogP contribution in [0.3, 0.4) is 0 Å². The number of fused-ring (bicyclic) bond motifs is 1. The number of hydrogen-bond acceptors (Lipinski definition) is 1. The van der Waals surface area contributed by atoms with Crippen LogP contribution < -0.4 is 5.32 Å². The predicted octanol–water partition coefficient (Wildman–Crippen LogP) is 3.94. The highest BCUT2D eigenvalue weighted by molar-refractivity contribution is 5.81. The summed E-state index contributed by atoms with van der Waals surface area (Å²) in [7, 11) is 0. The Labute approximate surface area is 124 Å². The van der Waals surface area contributed by atoms with E-state index in [1.165, 1.54) is 28.7 Å². The molecule has 0 fully saturated rings. The number of rotatable bonds is 5. The summed E-state index contributed by atoms with van der Waals surface area (Å²) in [6, 6.07) is 17.3. The molecule has 0 spiro atoms. The zero-order chi connectivity index (χ0) is 14.7. The largest absolute Gasteiger partial charge is 0.339 e. The molecule has 0 saturated carbocycles. The van der Waals surface area contributed by atoms with Gasteiger partial charge < -0.3 is 9.88 Å². The molecular formula is C18H19FN2. The molecule has 0 radical (unpaired) electrons. The Bertz CT molecular complexity index is 729. The van der Waals surface area contributed by atoms with Crippen LogP contribution in [-0.4, -0.2) is 11.1 Å². The molecule has 0 saturated heterocycles. The fraction of sp³-hybridized carbons (Fsp3) is 0.222. The minimum Gasteiger partial charge on any atom is -0.339 e. The first kappa shape index (κ1) is 13.8. The number of aromatic nitrogens is 1. The van der Waals surface area contributed by atoms with Gasteiger partial charge in [-0.3, -0.25) is 0 Å². The third-order valence-corrected chi connectivity index (χ3v) is 3.71. The van der Waals surface area contributed by atoms with Gasteiger partial charge in [-0.2, -0.15) is 0 Å². The minimum atomic E-state index is -0.191. The molecule has 2 aromatic carbocycles. The second-order valence-electron chi connectivity index (χ2n) is 5.19. The van der Waals surface area contributed by atoms with Gasteiger partial charge in [0.15, 0.2) is 0 Å². The number of halogens is 1. The zero-order valence-corrected chi connectivity index (χ0v) is 12.1. The molecule has 0 aliphatic carbocycles. The Morgan fingerprint density at radius 2 is 1.81 bits per heavy atom. The Balaban J connectivity index is 1.99. The SMILES string of the molecule is CCNCc1cc2ccccc2n1Cc1ccc(F)cc1. The quantitative estimate of drug-likeness (QED) is 0.750. The minimum absolute atomic E-state index is 0.191. The molecule has 1 aromatic heterocycles. The van der Waals surface area contributed by atoms with E-state index >= 15 is 0 Å². The first-order valence-corrected chi connectivity index (χ1v) is 7.30. The fourth-order valence-corrected chi connectivity index (χ4v) is 2.63. The lowest BCUT2D eigenvalue weighted by molar-refractivity contribution is 0.625. The Morgan fingerprint density at radius 3 is 2.57 bits per heavy atom. The van der Waals surface area contributed by atoms with Gasteiger partial charge in [-0.15, -0.1) is 0 Å². The van der Waals surface area contributed by atoms with Gasteiger partial charge >= 0.3 is 0 Å². The monoisotopic (exact) mass is 282 g/mol. The van der Waals surface area contributed by atoms with Gasteiger partial charge in [-0.05, 0) is 41.8 Å². The van der Waals surface area contributed by atoms with Crippen molar-refractivity contribution in [2.75, 3.05) is 6.54 Å². The molecule has 0 amide bonds. The van der Waals surface area contributed by atoms with Crippen LogP contribution in [0.2, 0.25) is 0 Å². The second kappa shape index (κ2) is 6.10. The van der Waals surface area contributed by atoms with Gasteiger partial charge in [0.25, 0.3) is 0 Å². The third kappa shape index (κ3) is 2.98. The molecular weight excluding hydrogens is 263 g/mol. The molecule has 1 N–H and O–H groups in total. The van der Waals surface area contributed by atoms with E-state index in [9.17, 15) is 4.39 Å². The summed E-state index contributed by atoms with van der Waals surface area (Å²) >= 11 is 0. The Hall–Kier alpha value is -2.13. The summed E-state index contributed by atoms with van der Waals surface area (Å²) in [6.07, 6.45) is 0. The average Bonchev–Trinajstić information content (AvgIpc) is 2.85. The molecule has 0 bridgehead atoms. The number of hydrogen-bond donors (Lipinski definition) is 1. The first-order chi connectivity index (χ1) is 10.3. The van der Waals surface area contributed by atoms with Crippen LogP contribution in [-0.2, 0) is 13.1 Å². The summed E-state index contributed by atoms with van der Waals surface area (Å²) in [5.74, 6) is -0.191. The van der Waals surface area contributed by atoms with Crippen molar-refractivity contribution in [3.8, 4) is 0 Å². The van der Waals surface area contributed by atoms with Crippen LogP contribution in [0, 0.1) is 5.82 Å². The number of nitrogens with zero attached hydrogens (tertiary/aromatic N) is 1. The lowest BCUT2D eigenvalue weighted by atomic mass is 10.2. The van der Waals surface area contributed by atoms with E-state index in [4.69, 9.17) is 0 Å². The molecule has 1 heterocycles. The van der Waals surface area contributed by atoms with Crippen molar-refractivity contribution < 1.29 is 4.39 Å². The number of benzene rings is 2. The maximum absolute atomic E-state index is 13.0. The second-order valence-corrected chi connectivity index (χ2v) is 5.19. The van der Waals surface area contributed by atoms with Crippen LogP contribution >= 0.6 is 0 Å². The highest BCUT2D eigenvalue weighted by atomic mass is 19.1. The molecule has 3 aromatic rings. The highest BCUT2D eigenvalue weighted by Gasteiger charge is 2.08. The van der Waals surface area contributed by atoms with Crippen LogP contribution in [0.5, 0.6) is 0 Å². The van der Waals surface area contributed by atoms with Crippen LogP contribution in [0.1, 0.15) is 18.2 Å². The molecule has 3 heteroatoms. The third-order valence-electron chi connectivity index (χ3n) is 3.71. The van der Waals surface area contributed by atoms with Crippen molar-refractivity contribution in [3.63, 3.8) is 0 Å². The fourth-order valence-electron chi connectivity index (χ4n) is 2.63. The molecule has 0 unspecified atom stereocenters. The van der Waals surface area contributed by atoms with Crippen LogP contribution in [0.15, 0.2) is 54.6 Å². The smallest absolute Gasteiger partial charge is 0.123 e. The number of nitrogens with one attached hydrogen (secondary N) is 1. The lowest BCUT2D eigenvalue weighted by Crippen LogP contribution is -2.15. The average molecular weight is 282 g/mol. The molecule has 108 valence electrons. The summed E-state index contributed by atoms with van der Waals surface area (Å²) in [4.78, 5) is 0. The van der Waals surface area contributed by atoms with E-state index in [2.05, 4.69) is 47.1 Å². The maximum atomic E-state index is 13.0. The van der Waals surface area contributed by atoms with E-state index in [-0.39, 0.29) is 5.82 Å². The molecule has 3 rings (SSSR count). The lowest BCUT2D eigenvalue weighted by Gasteiger charge is -2.11. The maximum Gasteiger partial charge on any atom is 0.123 e. The van der Waals surface area contributed by atoms with Crippen LogP contribution in [0.25, 0.3) is 10.9 Å². The summed E-state index contributed by atoms with van der Waals surface area (Å²) in [5.41, 5.74) is 3.58. The van der Waals surface area contributed by atoms with E-state index in [0.29, 0.717) is 0 Å². The van der Waals surface area contributed by atoms with Gasteiger partial charge in [0, 0.05) is 24.3 Å². The summed E-state index contributed by atoms with van der Waals surface area (Å²) in [6.45, 7) is 4.64. The first-order valence-electron chi connectivity index (χ1n) is 7.30. The molecule has 0 aliphatic rings. The van der Waals surface area contributed by atoms with Gasteiger partial charge in [0.05, 0.1) is 0 Å². The van der Waals surface area contributed by atoms with Gasteiger partial charge in [0.1, 0.15) is 5.82 Å². The number of para-hydroxylation sites is 1. The molecule has 0 atom stereocenters. The van der Waals surface area contributed by atoms with Crippen LogP contribution in [0.4, 0.5) is 4.39 Å². The summed E-state index contributed by atoms with van der Waals surface area (Å²) < 4.78 is 15.3. The van der Waals surface area contributed by atoms with Gasteiger partial charge in [-0.1, -0.05) is 37.3 Å². The van der Waals surface area contributed by atoms with E-state index in [1.807, 2.05) is 12.1 Å². The van der Waals surface area contributed by atoms with E-state index in [1.54, 1.807) is 0 Å². The van der Waals surface area contributed by atoms with Crippen molar-refractivity contribution >= 4 is 10.9 Å². The van der Waals surface area contributed by atoms with Gasteiger partial charge in [-0.25, -0.2) is 4.39 Å². The van der Waals surface area contributed by atoms with E-state index in [0.717, 1.165) is 25.2 Å². The van der Waals surface area contributed by atoms with Gasteiger partial charge in [0.2, 0.25) is 0 Å². The predicted molar refractivity (Wildman–Crippen MR) is 84.8 cm³/mol. The van der Waals surface area contributed by atoms with Crippen molar-refractivity contribution in [1.82, 2.24) is 9.88 Å². The van der Waals surface area contributed by atoms with Crippen molar-refractivity contribution in [2.45, 2.75) is 20.0 Å². The molecule has 2 nitrogen and oxygen atoms in total. The van der Waals surface area contributed by atoms with Crippen molar-refractivity contribution in [3.05, 3.63) is 71.7 Å². The highest BCUT2D eigenvalue weighted by Crippen LogP contribution is 2.21. The zero-order valence-electron chi connectivity index (χ0n) is 12.1. The Kier molecular flexibility index (Phi) is 4.02.